The van der Waals surface area contributed by atoms with Crippen LogP contribution in [0.4, 0.5) is 0 Å². The van der Waals surface area contributed by atoms with Gasteiger partial charge in [-0.25, -0.2) is 0 Å². The predicted molar refractivity (Wildman–Crippen MR) is 126 cm³/mol. The summed E-state index contributed by atoms with van der Waals surface area (Å²) in [5.41, 5.74) is -0.0641. The molecule has 1 aliphatic rings. The van der Waals surface area contributed by atoms with Crippen LogP contribution in [-0.2, 0) is 9.59 Å². The lowest BCUT2D eigenvalue weighted by Gasteiger charge is -2.46. The molecule has 2 heterocycles. The number of hydrogen-bond acceptors (Lipinski definition) is 4. The maximum absolute atomic E-state index is 12.5. The first-order chi connectivity index (χ1) is 15.0. The molecule has 3 rings (SSSR count). The Hall–Kier alpha value is -3.02. The number of furan rings is 2. The first kappa shape index (κ1) is 23.6. The Morgan fingerprint density at radius 3 is 2.03 bits per heavy atom. The largest absolute Gasteiger partial charge is 0.462 e. The third kappa shape index (κ3) is 7.01. The number of rotatable bonds is 7. The second-order valence-electron chi connectivity index (χ2n) is 10.0. The van der Waals surface area contributed by atoms with E-state index in [0.717, 1.165) is 30.8 Å². The molecule has 2 aromatic rings. The fraction of sp³-hybridized carbons (Fsp3) is 0.462. The molecule has 2 N–H and O–H groups in total. The monoisotopic (exact) mass is 438 g/mol. The minimum absolute atomic E-state index is 0.0396. The molecule has 0 aliphatic heterocycles. The zero-order valence-corrected chi connectivity index (χ0v) is 19.7. The number of amides is 2. The number of aryl methyl sites for hydroxylation is 2. The van der Waals surface area contributed by atoms with Gasteiger partial charge in [-0.15, -0.1) is 0 Å². The van der Waals surface area contributed by atoms with Crippen molar-refractivity contribution in [1.82, 2.24) is 10.6 Å². The van der Waals surface area contributed by atoms with Gasteiger partial charge in [0, 0.05) is 24.7 Å². The van der Waals surface area contributed by atoms with E-state index in [4.69, 9.17) is 8.83 Å². The molecule has 1 saturated carbocycles. The Labute approximate surface area is 190 Å². The molecular formula is C26H34N2O4. The molecule has 2 atom stereocenters. The second-order valence-corrected chi connectivity index (χ2v) is 10.0. The van der Waals surface area contributed by atoms with E-state index in [2.05, 4.69) is 31.4 Å². The average molecular weight is 439 g/mol. The number of nitrogens with one attached hydrogen (secondary N) is 2. The van der Waals surface area contributed by atoms with Gasteiger partial charge in [-0.1, -0.05) is 20.8 Å². The van der Waals surface area contributed by atoms with Crippen molar-refractivity contribution in [2.45, 2.75) is 59.9 Å². The van der Waals surface area contributed by atoms with E-state index >= 15 is 0 Å². The molecule has 32 heavy (non-hydrogen) atoms. The van der Waals surface area contributed by atoms with Crippen molar-refractivity contribution in [3.63, 3.8) is 0 Å². The molecule has 6 nitrogen and oxygen atoms in total. The van der Waals surface area contributed by atoms with E-state index in [-0.39, 0.29) is 28.7 Å². The summed E-state index contributed by atoms with van der Waals surface area (Å²) in [6.45, 7) is 10.9. The number of carbonyl (C=O) groups is 2. The van der Waals surface area contributed by atoms with E-state index in [1.807, 2.05) is 38.1 Å². The molecule has 0 bridgehead atoms. The highest BCUT2D eigenvalue weighted by molar-refractivity contribution is 5.92. The van der Waals surface area contributed by atoms with Crippen LogP contribution in [0.2, 0.25) is 0 Å². The fourth-order valence-electron chi connectivity index (χ4n) is 4.88. The van der Waals surface area contributed by atoms with Crippen LogP contribution in [0, 0.1) is 24.7 Å². The first-order valence-electron chi connectivity index (χ1n) is 11.1. The van der Waals surface area contributed by atoms with E-state index in [9.17, 15) is 9.59 Å². The number of carbonyl (C=O) groups excluding carboxylic acids is 2. The van der Waals surface area contributed by atoms with Gasteiger partial charge >= 0.3 is 0 Å². The minimum atomic E-state index is -0.152. The molecule has 0 aromatic carbocycles. The lowest BCUT2D eigenvalue weighted by atomic mass is 9.62. The maximum atomic E-state index is 12.5. The quantitative estimate of drug-likeness (QED) is 0.594. The highest BCUT2D eigenvalue weighted by Crippen LogP contribution is 2.45. The highest BCUT2D eigenvalue weighted by atomic mass is 16.3. The van der Waals surface area contributed by atoms with Gasteiger partial charge in [-0.3, -0.25) is 9.59 Å². The van der Waals surface area contributed by atoms with Crippen LogP contribution in [0.3, 0.4) is 0 Å². The van der Waals surface area contributed by atoms with Gasteiger partial charge in [0.2, 0.25) is 11.8 Å². The smallest absolute Gasteiger partial charge is 0.244 e. The summed E-state index contributed by atoms with van der Waals surface area (Å²) in [6.07, 6.45) is 9.03. The van der Waals surface area contributed by atoms with Crippen molar-refractivity contribution in [3.05, 3.63) is 59.5 Å². The molecule has 1 fully saturated rings. The van der Waals surface area contributed by atoms with Crippen molar-refractivity contribution < 1.29 is 18.4 Å². The zero-order valence-electron chi connectivity index (χ0n) is 19.7. The van der Waals surface area contributed by atoms with Crippen LogP contribution in [0.5, 0.6) is 0 Å². The molecule has 2 aromatic heterocycles. The van der Waals surface area contributed by atoms with Crippen molar-refractivity contribution in [2.75, 3.05) is 6.54 Å². The molecule has 2 amide bonds. The summed E-state index contributed by atoms with van der Waals surface area (Å²) < 4.78 is 10.9. The topological polar surface area (TPSA) is 84.5 Å². The van der Waals surface area contributed by atoms with Crippen LogP contribution in [-0.4, -0.2) is 24.4 Å². The summed E-state index contributed by atoms with van der Waals surface area (Å²) in [5, 5.41) is 6.16. The third-order valence-corrected chi connectivity index (χ3v) is 5.80. The van der Waals surface area contributed by atoms with Crippen LogP contribution in [0.25, 0.3) is 12.2 Å². The average Bonchev–Trinajstić information content (AvgIpc) is 3.29. The Bertz CT molecular complexity index is 1010. The Balaban J connectivity index is 1.56. The summed E-state index contributed by atoms with van der Waals surface area (Å²) in [5.74, 6) is 2.65. The number of hydrogen-bond donors (Lipinski definition) is 2. The minimum Gasteiger partial charge on any atom is -0.462 e. The van der Waals surface area contributed by atoms with E-state index in [1.54, 1.807) is 12.2 Å². The van der Waals surface area contributed by atoms with E-state index in [0.29, 0.717) is 18.1 Å². The zero-order chi connectivity index (χ0) is 23.4. The Morgan fingerprint density at radius 2 is 1.50 bits per heavy atom. The molecule has 172 valence electrons. The summed E-state index contributed by atoms with van der Waals surface area (Å²) in [4.78, 5) is 24.8. The van der Waals surface area contributed by atoms with Crippen LogP contribution in [0.15, 0.2) is 45.3 Å². The van der Waals surface area contributed by atoms with E-state index in [1.165, 1.54) is 12.2 Å². The molecule has 0 spiro atoms. The Kier molecular flexibility index (Phi) is 7.12. The van der Waals surface area contributed by atoms with Gasteiger partial charge < -0.3 is 19.5 Å². The SMILES string of the molecule is Cc1ccc(C=CC(=O)NCC2(C)CC(NC(=O)C=Cc3ccc(C)o3)CC(C)(C)C2)o1. The van der Waals surface area contributed by atoms with Crippen LogP contribution < -0.4 is 10.6 Å². The van der Waals surface area contributed by atoms with Gasteiger partial charge in [-0.2, -0.15) is 0 Å². The van der Waals surface area contributed by atoms with Gasteiger partial charge in [0.25, 0.3) is 0 Å². The lowest BCUT2D eigenvalue weighted by Crippen LogP contribution is -2.50. The van der Waals surface area contributed by atoms with Gasteiger partial charge in [-0.05, 0) is 80.4 Å². The van der Waals surface area contributed by atoms with E-state index < -0.39 is 0 Å². The maximum Gasteiger partial charge on any atom is 0.244 e. The molecule has 1 aliphatic carbocycles. The second kappa shape index (κ2) is 9.63. The summed E-state index contributed by atoms with van der Waals surface area (Å²) >= 11 is 0. The highest BCUT2D eigenvalue weighted by Gasteiger charge is 2.41. The molecule has 6 heteroatoms. The first-order valence-corrected chi connectivity index (χ1v) is 11.1. The van der Waals surface area contributed by atoms with Gasteiger partial charge in [0.1, 0.15) is 23.0 Å². The third-order valence-electron chi connectivity index (χ3n) is 5.80. The lowest BCUT2D eigenvalue weighted by molar-refractivity contribution is -0.119. The summed E-state index contributed by atoms with van der Waals surface area (Å²) in [7, 11) is 0. The Morgan fingerprint density at radius 1 is 0.938 bits per heavy atom. The van der Waals surface area contributed by atoms with Crippen molar-refractivity contribution in [1.29, 1.82) is 0 Å². The fourth-order valence-corrected chi connectivity index (χ4v) is 4.88. The molecule has 2 unspecified atom stereocenters. The van der Waals surface area contributed by atoms with Gasteiger partial charge in [0.05, 0.1) is 0 Å². The van der Waals surface area contributed by atoms with Crippen molar-refractivity contribution in [2.24, 2.45) is 10.8 Å². The summed E-state index contributed by atoms with van der Waals surface area (Å²) in [6, 6.07) is 7.44. The normalized spacial score (nSPS) is 23.0. The molecular weight excluding hydrogens is 404 g/mol. The van der Waals surface area contributed by atoms with Gasteiger partial charge in [0.15, 0.2) is 0 Å². The standard InChI is InChI=1S/C26H34N2O4/c1-18-6-8-21(31-18)10-12-23(29)27-17-26(5)15-20(14-25(3,4)16-26)28-24(30)13-11-22-9-7-19(2)32-22/h6-13,20H,14-17H2,1-5H3,(H,27,29)(H,28,30). The van der Waals surface area contributed by atoms with Crippen molar-refractivity contribution in [3.8, 4) is 0 Å². The van der Waals surface area contributed by atoms with Crippen molar-refractivity contribution >= 4 is 24.0 Å². The predicted octanol–water partition coefficient (Wildman–Crippen LogP) is 5.03. The van der Waals surface area contributed by atoms with Crippen LogP contribution >= 0.6 is 0 Å². The molecule has 0 saturated heterocycles. The molecule has 0 radical (unpaired) electrons. The van der Waals surface area contributed by atoms with Crippen LogP contribution in [0.1, 0.15) is 63.1 Å².